The molecule has 0 aliphatic rings. The molecule has 0 atom stereocenters. The van der Waals surface area contributed by atoms with E-state index in [4.69, 9.17) is 27.9 Å². The van der Waals surface area contributed by atoms with Crippen LogP contribution in [0.25, 0.3) is 16.6 Å². The molecule has 0 N–H and O–H groups in total. The van der Waals surface area contributed by atoms with Crippen molar-refractivity contribution in [2.24, 2.45) is 0 Å². The molecule has 0 bridgehead atoms. The van der Waals surface area contributed by atoms with E-state index in [1.54, 1.807) is 36.1 Å². The van der Waals surface area contributed by atoms with Crippen molar-refractivity contribution >= 4 is 51.8 Å². The number of fused-ring (bicyclic) bond motifs is 1. The van der Waals surface area contributed by atoms with Gasteiger partial charge < -0.3 is 4.74 Å². The minimum Gasteiger partial charge on any atom is -0.462 e. The molecule has 2 heterocycles. The zero-order valence-electron chi connectivity index (χ0n) is 17.7. The number of halogens is 4. The van der Waals surface area contributed by atoms with Gasteiger partial charge >= 0.3 is 5.97 Å². The number of carbonyl (C=O) groups excluding carboxylic acids is 1. The first-order chi connectivity index (χ1) is 15.9. The van der Waals surface area contributed by atoms with Crippen molar-refractivity contribution in [3.05, 3.63) is 70.1 Å². The Morgan fingerprint density at radius 2 is 1.94 bits per heavy atom. The number of rotatable bonds is 7. The largest absolute Gasteiger partial charge is 0.462 e. The molecule has 0 spiro atoms. The molecule has 4 aromatic rings. The lowest BCUT2D eigenvalue weighted by Gasteiger charge is -2.08. The van der Waals surface area contributed by atoms with Crippen LogP contribution >= 0.6 is 35.0 Å². The third-order valence-corrected chi connectivity index (χ3v) is 6.84. The number of hydrogen-bond acceptors (Lipinski definition) is 4. The fourth-order valence-electron chi connectivity index (χ4n) is 3.48. The van der Waals surface area contributed by atoms with E-state index in [1.165, 1.54) is 22.8 Å². The molecule has 0 amide bonds. The molecular weight excluding hydrogens is 491 g/mol. The molecule has 33 heavy (non-hydrogen) atoms. The second kappa shape index (κ2) is 9.75. The lowest BCUT2D eigenvalue weighted by atomic mass is 10.2. The molecular formula is C23H19Cl2F2N3O2S. The Kier molecular flexibility index (Phi) is 6.97. The summed E-state index contributed by atoms with van der Waals surface area (Å²) in [5.41, 5.74) is 0.525. The molecule has 0 fully saturated rings. The van der Waals surface area contributed by atoms with Gasteiger partial charge in [-0.1, -0.05) is 48.0 Å². The van der Waals surface area contributed by atoms with Crippen LogP contribution in [0.15, 0.2) is 52.5 Å². The van der Waals surface area contributed by atoms with Gasteiger partial charge in [0.25, 0.3) is 0 Å². The third kappa shape index (κ3) is 4.35. The molecule has 2 aromatic heterocycles. The predicted octanol–water partition coefficient (Wildman–Crippen LogP) is 7.15. The number of esters is 1. The monoisotopic (exact) mass is 509 g/mol. The highest BCUT2D eigenvalue weighted by Gasteiger charge is 2.25. The molecule has 5 nitrogen and oxygen atoms in total. The zero-order chi connectivity index (χ0) is 23.7. The Hall–Kier alpha value is -2.55. The van der Waals surface area contributed by atoms with Crippen molar-refractivity contribution in [3.8, 4) is 5.69 Å². The van der Waals surface area contributed by atoms with Crippen LogP contribution in [0.4, 0.5) is 8.78 Å². The molecule has 4 rings (SSSR count). The summed E-state index contributed by atoms with van der Waals surface area (Å²) in [6.07, 6.45) is 4.21. The summed E-state index contributed by atoms with van der Waals surface area (Å²) in [4.78, 5) is 12.7. The van der Waals surface area contributed by atoms with Crippen LogP contribution in [0, 0.1) is 11.6 Å². The van der Waals surface area contributed by atoms with Gasteiger partial charge in [-0.3, -0.25) is 9.25 Å². The number of aryl methyl sites for hydroxylation is 1. The van der Waals surface area contributed by atoms with Crippen molar-refractivity contribution < 1.29 is 18.3 Å². The van der Waals surface area contributed by atoms with Crippen molar-refractivity contribution in [2.45, 2.75) is 36.6 Å². The van der Waals surface area contributed by atoms with Gasteiger partial charge in [0.2, 0.25) is 0 Å². The van der Waals surface area contributed by atoms with E-state index < -0.39 is 17.6 Å². The fraction of sp³-hybridized carbons (Fsp3) is 0.217. The number of carbonyl (C=O) groups is 1. The summed E-state index contributed by atoms with van der Waals surface area (Å²) in [6.45, 7) is 4.48. The van der Waals surface area contributed by atoms with Crippen molar-refractivity contribution in [1.82, 2.24) is 14.3 Å². The minimum atomic E-state index is -0.757. The van der Waals surface area contributed by atoms with E-state index in [0.717, 1.165) is 18.2 Å². The van der Waals surface area contributed by atoms with Gasteiger partial charge in [-0.25, -0.2) is 13.6 Å². The minimum absolute atomic E-state index is 0.0640. The normalized spacial score (nSPS) is 11.3. The van der Waals surface area contributed by atoms with Crippen LogP contribution in [0.5, 0.6) is 0 Å². The molecule has 10 heteroatoms. The van der Waals surface area contributed by atoms with E-state index in [9.17, 15) is 4.79 Å². The van der Waals surface area contributed by atoms with Gasteiger partial charge in [0.1, 0.15) is 5.15 Å². The maximum atomic E-state index is 15.2. The average Bonchev–Trinajstić information content (AvgIpc) is 3.35. The Morgan fingerprint density at radius 1 is 1.15 bits per heavy atom. The van der Waals surface area contributed by atoms with Gasteiger partial charge in [0, 0.05) is 23.0 Å². The SMILES string of the molecule is CCCn1cc(-n2c(Cl)c(Sc3cccc(C(=O)OCC)c3F)c3ccc(Cl)c(F)c32)cn1. The molecule has 2 aromatic carbocycles. The van der Waals surface area contributed by atoms with Crippen LogP contribution in [0.1, 0.15) is 30.6 Å². The van der Waals surface area contributed by atoms with Crippen LogP contribution < -0.4 is 0 Å². The zero-order valence-corrected chi connectivity index (χ0v) is 20.1. The van der Waals surface area contributed by atoms with Crippen LogP contribution in [-0.2, 0) is 11.3 Å². The second-order valence-corrected chi connectivity index (χ2v) is 8.93. The van der Waals surface area contributed by atoms with E-state index in [0.29, 0.717) is 22.5 Å². The van der Waals surface area contributed by atoms with E-state index in [-0.39, 0.29) is 32.8 Å². The average molecular weight is 510 g/mol. The standard InChI is InChI=1S/C23H19Cl2F2N3O2S/c1-3-10-29-12-13(11-28-29)30-20-15(8-9-16(24)19(20)27)21(22(30)25)33-17-7-5-6-14(18(17)26)23(31)32-4-2/h5-9,11-12H,3-4,10H2,1-2H3. The molecule has 0 aliphatic heterocycles. The molecule has 0 aliphatic carbocycles. The summed E-state index contributed by atoms with van der Waals surface area (Å²) in [7, 11) is 0. The number of nitrogens with zero attached hydrogens (tertiary/aromatic N) is 3. The summed E-state index contributed by atoms with van der Waals surface area (Å²) in [6, 6.07) is 7.49. The Morgan fingerprint density at radius 3 is 2.67 bits per heavy atom. The van der Waals surface area contributed by atoms with Gasteiger partial charge in [-0.05, 0) is 37.6 Å². The smallest absolute Gasteiger partial charge is 0.341 e. The summed E-state index contributed by atoms with van der Waals surface area (Å²) < 4.78 is 38.5. The second-order valence-electron chi connectivity index (χ2n) is 7.11. The first-order valence-electron chi connectivity index (χ1n) is 10.2. The summed E-state index contributed by atoms with van der Waals surface area (Å²) in [5, 5.41) is 4.87. The van der Waals surface area contributed by atoms with E-state index in [1.807, 2.05) is 6.92 Å². The maximum Gasteiger partial charge on any atom is 0.341 e. The molecule has 0 saturated carbocycles. The van der Waals surface area contributed by atoms with Crippen LogP contribution in [-0.4, -0.2) is 26.9 Å². The Bertz CT molecular complexity index is 1350. The van der Waals surface area contributed by atoms with Crippen molar-refractivity contribution in [3.63, 3.8) is 0 Å². The number of hydrogen-bond donors (Lipinski definition) is 0. The first kappa shape index (κ1) is 23.6. The van der Waals surface area contributed by atoms with E-state index in [2.05, 4.69) is 5.10 Å². The highest BCUT2D eigenvalue weighted by atomic mass is 35.5. The highest BCUT2D eigenvalue weighted by molar-refractivity contribution is 7.99. The third-order valence-electron chi connectivity index (χ3n) is 4.92. The van der Waals surface area contributed by atoms with Crippen LogP contribution in [0.2, 0.25) is 10.2 Å². The Balaban J connectivity index is 1.88. The van der Waals surface area contributed by atoms with Gasteiger partial charge in [0.05, 0.1) is 39.5 Å². The van der Waals surface area contributed by atoms with Crippen LogP contribution in [0.3, 0.4) is 0 Å². The number of aromatic nitrogens is 3. The van der Waals surface area contributed by atoms with Crippen molar-refractivity contribution in [2.75, 3.05) is 6.61 Å². The lowest BCUT2D eigenvalue weighted by Crippen LogP contribution is -2.07. The quantitative estimate of drug-likeness (QED) is 0.248. The predicted molar refractivity (Wildman–Crippen MR) is 126 cm³/mol. The molecule has 172 valence electrons. The topological polar surface area (TPSA) is 49.0 Å². The molecule has 0 unspecified atom stereocenters. The van der Waals surface area contributed by atoms with Gasteiger partial charge in [-0.15, -0.1) is 0 Å². The van der Waals surface area contributed by atoms with Gasteiger partial charge in [-0.2, -0.15) is 5.10 Å². The summed E-state index contributed by atoms with van der Waals surface area (Å²) >= 11 is 13.8. The number of ether oxygens (including phenoxy) is 1. The molecule has 0 saturated heterocycles. The maximum absolute atomic E-state index is 15.2. The van der Waals surface area contributed by atoms with E-state index >= 15 is 8.78 Å². The first-order valence-corrected chi connectivity index (χ1v) is 11.8. The summed E-state index contributed by atoms with van der Waals surface area (Å²) in [5.74, 6) is -2.14. The lowest BCUT2D eigenvalue weighted by molar-refractivity contribution is 0.0520. The van der Waals surface area contributed by atoms with Crippen molar-refractivity contribution in [1.29, 1.82) is 0 Å². The number of benzene rings is 2. The molecule has 0 radical (unpaired) electrons. The highest BCUT2D eigenvalue weighted by Crippen LogP contribution is 2.45. The Labute approximate surface area is 203 Å². The van der Waals surface area contributed by atoms with Gasteiger partial charge in [0.15, 0.2) is 11.6 Å². The fourth-order valence-corrected chi connectivity index (χ4v) is 5.05.